The Balaban J connectivity index is 2.42. The largest absolute Gasteiger partial charge is 0.405 e. The first-order valence-electron chi connectivity index (χ1n) is 4.58. The molecule has 2 amide bonds. The minimum absolute atomic E-state index is 0.278. The molecule has 0 aliphatic rings. The Bertz CT molecular complexity index is 394. The van der Waals surface area contributed by atoms with Crippen molar-refractivity contribution in [2.24, 2.45) is 0 Å². The lowest BCUT2D eigenvalue weighted by molar-refractivity contribution is -0.123. The third-order valence-corrected chi connectivity index (χ3v) is 3.42. The van der Waals surface area contributed by atoms with Gasteiger partial charge in [0.2, 0.25) is 0 Å². The molecule has 0 saturated heterocycles. The highest BCUT2D eigenvalue weighted by molar-refractivity contribution is 9.11. The molecule has 0 spiro atoms. The van der Waals surface area contributed by atoms with E-state index in [1.165, 1.54) is 23.3 Å². The van der Waals surface area contributed by atoms with Crippen molar-refractivity contribution in [3.8, 4) is 0 Å². The van der Waals surface area contributed by atoms with Crippen molar-refractivity contribution in [3.63, 3.8) is 0 Å². The lowest BCUT2D eigenvalue weighted by Gasteiger charge is -2.17. The SMILES string of the molecule is CN(Cc1ccc(Br)s1)C(=O)NCC(F)(F)F. The summed E-state index contributed by atoms with van der Waals surface area (Å²) in [6.45, 7) is -1.04. The maximum atomic E-state index is 11.9. The summed E-state index contributed by atoms with van der Waals surface area (Å²) in [5, 5.41) is 1.80. The fourth-order valence-corrected chi connectivity index (χ4v) is 2.59. The van der Waals surface area contributed by atoms with Crippen molar-refractivity contribution in [3.05, 3.63) is 20.8 Å². The molecule has 0 aromatic carbocycles. The van der Waals surface area contributed by atoms with Gasteiger partial charge in [-0.1, -0.05) is 0 Å². The quantitative estimate of drug-likeness (QED) is 0.906. The average molecular weight is 331 g/mol. The highest BCUT2D eigenvalue weighted by atomic mass is 79.9. The number of carbonyl (C=O) groups excluding carboxylic acids is 1. The topological polar surface area (TPSA) is 32.3 Å². The summed E-state index contributed by atoms with van der Waals surface area (Å²) in [5.74, 6) is 0. The van der Waals surface area contributed by atoms with Crippen molar-refractivity contribution < 1.29 is 18.0 Å². The van der Waals surface area contributed by atoms with E-state index in [-0.39, 0.29) is 6.54 Å². The number of amides is 2. The molecule has 0 unspecified atom stereocenters. The zero-order valence-electron chi connectivity index (χ0n) is 8.84. The molecule has 0 fully saturated rings. The van der Waals surface area contributed by atoms with E-state index in [0.29, 0.717) is 0 Å². The Morgan fingerprint density at radius 3 is 2.65 bits per heavy atom. The molecule has 96 valence electrons. The maximum absolute atomic E-state index is 11.9. The van der Waals surface area contributed by atoms with Crippen LogP contribution in [0.5, 0.6) is 0 Å². The molecule has 8 heteroatoms. The number of rotatable bonds is 3. The van der Waals surface area contributed by atoms with Gasteiger partial charge in [0.1, 0.15) is 6.54 Å². The monoisotopic (exact) mass is 330 g/mol. The summed E-state index contributed by atoms with van der Waals surface area (Å²) in [6, 6.07) is 2.89. The Hall–Kier alpha value is -0.760. The Morgan fingerprint density at radius 2 is 2.18 bits per heavy atom. The van der Waals surface area contributed by atoms with Gasteiger partial charge in [0.25, 0.3) is 0 Å². The molecule has 0 bridgehead atoms. The van der Waals surface area contributed by atoms with Crippen LogP contribution >= 0.6 is 27.3 Å². The minimum atomic E-state index is -4.39. The van der Waals surface area contributed by atoms with Crippen LogP contribution in [0.15, 0.2) is 15.9 Å². The summed E-state index contributed by atoms with van der Waals surface area (Å²) in [7, 11) is 1.44. The van der Waals surface area contributed by atoms with Crippen LogP contribution in [0.4, 0.5) is 18.0 Å². The van der Waals surface area contributed by atoms with Crippen molar-refractivity contribution in [1.29, 1.82) is 0 Å². The van der Waals surface area contributed by atoms with E-state index in [9.17, 15) is 18.0 Å². The van der Waals surface area contributed by atoms with Crippen LogP contribution in [0.25, 0.3) is 0 Å². The molecular weight excluding hydrogens is 321 g/mol. The number of urea groups is 1. The third-order valence-electron chi connectivity index (χ3n) is 1.81. The molecule has 1 aromatic heterocycles. The van der Waals surface area contributed by atoms with E-state index >= 15 is 0 Å². The van der Waals surface area contributed by atoms with E-state index in [4.69, 9.17) is 0 Å². The third kappa shape index (κ3) is 5.40. The van der Waals surface area contributed by atoms with Crippen LogP contribution < -0.4 is 5.32 Å². The Morgan fingerprint density at radius 1 is 1.53 bits per heavy atom. The van der Waals surface area contributed by atoms with Gasteiger partial charge in [-0.15, -0.1) is 11.3 Å². The highest BCUT2D eigenvalue weighted by Crippen LogP contribution is 2.23. The number of nitrogens with one attached hydrogen (secondary N) is 1. The molecule has 3 nitrogen and oxygen atoms in total. The molecule has 1 N–H and O–H groups in total. The maximum Gasteiger partial charge on any atom is 0.405 e. The second-order valence-electron chi connectivity index (χ2n) is 3.34. The van der Waals surface area contributed by atoms with Crippen molar-refractivity contribution in [2.45, 2.75) is 12.7 Å². The first-order valence-corrected chi connectivity index (χ1v) is 6.19. The van der Waals surface area contributed by atoms with Gasteiger partial charge < -0.3 is 10.2 Å². The standard InChI is InChI=1S/C9H10BrF3N2OS/c1-15(4-6-2-3-7(10)17-6)8(16)14-5-9(11,12)13/h2-3H,4-5H2,1H3,(H,14,16). The summed E-state index contributed by atoms with van der Waals surface area (Å²) in [6.07, 6.45) is -4.39. The number of alkyl halides is 3. The Kier molecular flexibility index (Phi) is 4.81. The smallest absolute Gasteiger partial charge is 0.329 e. The number of thiophene rings is 1. The molecule has 17 heavy (non-hydrogen) atoms. The fourth-order valence-electron chi connectivity index (χ4n) is 1.05. The van der Waals surface area contributed by atoms with Crippen molar-refractivity contribution in [1.82, 2.24) is 10.2 Å². The van der Waals surface area contributed by atoms with Crippen molar-refractivity contribution >= 4 is 33.3 Å². The van der Waals surface area contributed by atoms with Gasteiger partial charge in [-0.3, -0.25) is 0 Å². The lowest BCUT2D eigenvalue weighted by atomic mass is 10.4. The molecule has 1 aromatic rings. The van der Waals surface area contributed by atoms with E-state index in [0.717, 1.165) is 8.66 Å². The van der Waals surface area contributed by atoms with Gasteiger partial charge in [-0.2, -0.15) is 13.2 Å². The number of halogens is 4. The summed E-state index contributed by atoms with van der Waals surface area (Å²) < 4.78 is 36.5. The van der Waals surface area contributed by atoms with Crippen LogP contribution in [0.3, 0.4) is 0 Å². The number of hydrogen-bond donors (Lipinski definition) is 1. The number of nitrogens with zero attached hydrogens (tertiary/aromatic N) is 1. The van der Waals surface area contributed by atoms with Gasteiger partial charge in [-0.25, -0.2) is 4.79 Å². The predicted octanol–water partition coefficient (Wildman–Crippen LogP) is 3.21. The molecule has 0 radical (unpaired) electrons. The zero-order chi connectivity index (χ0) is 13.1. The summed E-state index contributed by atoms with van der Waals surface area (Å²) >= 11 is 4.70. The molecule has 0 atom stereocenters. The normalized spacial score (nSPS) is 11.4. The molecule has 1 rings (SSSR count). The van der Waals surface area contributed by atoms with E-state index < -0.39 is 18.8 Å². The van der Waals surface area contributed by atoms with E-state index in [1.807, 2.05) is 12.1 Å². The average Bonchev–Trinajstić information content (AvgIpc) is 2.59. The van der Waals surface area contributed by atoms with Gasteiger partial charge in [0.15, 0.2) is 0 Å². The second kappa shape index (κ2) is 5.72. The van der Waals surface area contributed by atoms with Gasteiger partial charge in [0.05, 0.1) is 10.3 Å². The first kappa shape index (κ1) is 14.3. The molecular formula is C9H10BrF3N2OS. The fraction of sp³-hybridized carbons (Fsp3) is 0.444. The van der Waals surface area contributed by atoms with E-state index in [2.05, 4.69) is 15.9 Å². The van der Waals surface area contributed by atoms with Gasteiger partial charge >= 0.3 is 12.2 Å². The van der Waals surface area contributed by atoms with E-state index in [1.54, 1.807) is 5.32 Å². The number of hydrogen-bond acceptors (Lipinski definition) is 2. The van der Waals surface area contributed by atoms with Crippen molar-refractivity contribution in [2.75, 3.05) is 13.6 Å². The van der Waals surface area contributed by atoms with Crippen LogP contribution in [-0.4, -0.2) is 30.7 Å². The molecule has 0 aliphatic heterocycles. The van der Waals surface area contributed by atoms with Crippen LogP contribution in [0.2, 0.25) is 0 Å². The molecule has 1 heterocycles. The number of carbonyl (C=O) groups is 1. The highest BCUT2D eigenvalue weighted by Gasteiger charge is 2.28. The Labute approximate surface area is 109 Å². The first-order chi connectivity index (χ1) is 7.78. The van der Waals surface area contributed by atoms with Gasteiger partial charge in [0, 0.05) is 11.9 Å². The lowest BCUT2D eigenvalue weighted by Crippen LogP contribution is -2.41. The van der Waals surface area contributed by atoms with Crippen LogP contribution in [0.1, 0.15) is 4.88 Å². The molecule has 0 saturated carbocycles. The van der Waals surface area contributed by atoms with Crippen LogP contribution in [-0.2, 0) is 6.54 Å². The molecule has 0 aliphatic carbocycles. The second-order valence-corrected chi connectivity index (χ2v) is 5.88. The summed E-state index contributed by atoms with van der Waals surface area (Å²) in [5.41, 5.74) is 0. The van der Waals surface area contributed by atoms with Crippen LogP contribution in [0, 0.1) is 0 Å². The zero-order valence-corrected chi connectivity index (χ0v) is 11.2. The predicted molar refractivity (Wildman–Crippen MR) is 62.9 cm³/mol. The summed E-state index contributed by atoms with van der Waals surface area (Å²) in [4.78, 5) is 13.4. The van der Waals surface area contributed by atoms with Gasteiger partial charge in [-0.05, 0) is 28.1 Å². The minimum Gasteiger partial charge on any atom is -0.329 e.